The highest BCUT2D eigenvalue weighted by atomic mass is 32.1. The van der Waals surface area contributed by atoms with Crippen LogP contribution in [-0.4, -0.2) is 46.2 Å². The third kappa shape index (κ3) is 5.13. The molecule has 3 aromatic rings. The fraction of sp³-hybridized carbons (Fsp3) is 0.333. The molecule has 0 aliphatic carbocycles. The Morgan fingerprint density at radius 1 is 1.18 bits per heavy atom. The summed E-state index contributed by atoms with van der Waals surface area (Å²) < 4.78 is 14.3. The number of hydrogen-bond donors (Lipinski definition) is 0. The zero-order valence-corrected chi connectivity index (χ0v) is 20.2. The van der Waals surface area contributed by atoms with Crippen molar-refractivity contribution < 1.29 is 19.1 Å². The molecule has 0 N–H and O–H groups in total. The van der Waals surface area contributed by atoms with E-state index in [0.717, 1.165) is 33.5 Å². The molecule has 0 aliphatic rings. The van der Waals surface area contributed by atoms with Crippen molar-refractivity contribution in [2.24, 2.45) is 0 Å². The molecule has 0 saturated carbocycles. The molecular formula is C24H26N4O4S. The maximum Gasteiger partial charge on any atom is 0.349 e. The number of thiazole rings is 1. The van der Waals surface area contributed by atoms with Gasteiger partial charge in [0.2, 0.25) is 5.78 Å². The summed E-state index contributed by atoms with van der Waals surface area (Å²) in [5, 5.41) is 12.1. The standard InChI is InChI=1S/C24H26N4O4S/c1-15-10-19(17(3)27(15)7-8-31-5)12-20(13-25)23(30)32-14-22(29)21-11-16(2)28(18(21)4)24-26-6-9-33-24/h6,9-12H,7-8,14H2,1-5H3/b20-12+. The SMILES string of the molecule is COCCn1c(C)cc(/C=C(\C#N)C(=O)OCC(=O)c2cc(C)n(-c3nccs3)c2C)c1C. The summed E-state index contributed by atoms with van der Waals surface area (Å²) in [5.41, 5.74) is 4.53. The molecule has 33 heavy (non-hydrogen) atoms. The number of nitrogens with zero attached hydrogens (tertiary/aromatic N) is 4. The number of ketones is 1. The molecule has 0 spiro atoms. The van der Waals surface area contributed by atoms with Crippen LogP contribution < -0.4 is 0 Å². The van der Waals surface area contributed by atoms with Crippen LogP contribution in [0.2, 0.25) is 0 Å². The summed E-state index contributed by atoms with van der Waals surface area (Å²) in [6.45, 7) is 8.34. The third-order valence-electron chi connectivity index (χ3n) is 5.45. The normalized spacial score (nSPS) is 11.5. The maximum absolute atomic E-state index is 12.8. The largest absolute Gasteiger partial charge is 0.453 e. The average molecular weight is 467 g/mol. The van der Waals surface area contributed by atoms with Gasteiger partial charge in [-0.2, -0.15) is 5.26 Å². The van der Waals surface area contributed by atoms with Crippen molar-refractivity contribution in [1.82, 2.24) is 14.1 Å². The van der Waals surface area contributed by atoms with Crippen molar-refractivity contribution in [2.75, 3.05) is 20.3 Å². The lowest BCUT2D eigenvalue weighted by atomic mass is 10.1. The molecule has 0 atom stereocenters. The Kier molecular flexibility index (Phi) is 7.63. The van der Waals surface area contributed by atoms with Crippen LogP contribution in [0.15, 0.2) is 29.3 Å². The molecule has 3 rings (SSSR count). The van der Waals surface area contributed by atoms with Crippen molar-refractivity contribution in [2.45, 2.75) is 34.2 Å². The van der Waals surface area contributed by atoms with E-state index < -0.39 is 12.6 Å². The van der Waals surface area contributed by atoms with Crippen LogP contribution in [0, 0.1) is 39.0 Å². The summed E-state index contributed by atoms with van der Waals surface area (Å²) >= 11 is 1.47. The molecule has 3 aromatic heterocycles. The van der Waals surface area contributed by atoms with Crippen LogP contribution in [-0.2, 0) is 20.8 Å². The van der Waals surface area contributed by atoms with Gasteiger partial charge in [0.25, 0.3) is 0 Å². The van der Waals surface area contributed by atoms with E-state index in [4.69, 9.17) is 9.47 Å². The number of esters is 1. The van der Waals surface area contributed by atoms with Gasteiger partial charge < -0.3 is 14.0 Å². The maximum atomic E-state index is 12.8. The van der Waals surface area contributed by atoms with E-state index in [1.54, 1.807) is 19.4 Å². The van der Waals surface area contributed by atoms with Crippen LogP contribution in [0.4, 0.5) is 0 Å². The number of rotatable bonds is 9. The molecular weight excluding hydrogens is 440 g/mol. The molecule has 8 nitrogen and oxygen atoms in total. The fourth-order valence-corrected chi connectivity index (χ4v) is 4.50. The first-order chi connectivity index (χ1) is 15.8. The Morgan fingerprint density at radius 3 is 2.58 bits per heavy atom. The zero-order chi connectivity index (χ0) is 24.1. The molecule has 3 heterocycles. The van der Waals surface area contributed by atoms with Crippen molar-refractivity contribution >= 4 is 29.2 Å². The number of aryl methyl sites for hydroxylation is 2. The molecule has 0 unspecified atom stereocenters. The molecule has 9 heteroatoms. The number of nitriles is 1. The number of aromatic nitrogens is 3. The van der Waals surface area contributed by atoms with Crippen molar-refractivity contribution in [1.29, 1.82) is 5.26 Å². The van der Waals surface area contributed by atoms with Gasteiger partial charge in [0.05, 0.1) is 6.61 Å². The van der Waals surface area contributed by atoms with E-state index in [0.29, 0.717) is 18.7 Å². The summed E-state index contributed by atoms with van der Waals surface area (Å²) in [4.78, 5) is 29.6. The number of Topliss-reactive ketones (excluding diaryl/α,β-unsaturated/α-hetero) is 1. The summed E-state index contributed by atoms with van der Waals surface area (Å²) in [6, 6.07) is 5.54. The fourth-order valence-electron chi connectivity index (χ4n) is 3.75. The Morgan fingerprint density at radius 2 is 1.94 bits per heavy atom. The molecule has 0 radical (unpaired) electrons. The smallest absolute Gasteiger partial charge is 0.349 e. The van der Waals surface area contributed by atoms with Gasteiger partial charge >= 0.3 is 5.97 Å². The van der Waals surface area contributed by atoms with Gasteiger partial charge in [0, 0.05) is 53.6 Å². The highest BCUT2D eigenvalue weighted by molar-refractivity contribution is 7.12. The lowest BCUT2D eigenvalue weighted by Gasteiger charge is -2.08. The average Bonchev–Trinajstić information content (AvgIpc) is 3.48. The van der Waals surface area contributed by atoms with Crippen LogP contribution >= 0.6 is 11.3 Å². The molecule has 172 valence electrons. The Hall–Kier alpha value is -3.48. The lowest BCUT2D eigenvalue weighted by molar-refractivity contribution is -0.137. The molecule has 0 fully saturated rings. The number of hydrogen-bond acceptors (Lipinski definition) is 7. The summed E-state index contributed by atoms with van der Waals surface area (Å²) in [5.74, 6) is -1.17. The van der Waals surface area contributed by atoms with Gasteiger partial charge in [0.15, 0.2) is 11.7 Å². The predicted octanol–water partition coefficient (Wildman–Crippen LogP) is 3.95. The second-order valence-corrected chi connectivity index (χ2v) is 8.45. The third-order valence-corrected chi connectivity index (χ3v) is 6.21. The van der Waals surface area contributed by atoms with E-state index in [2.05, 4.69) is 9.55 Å². The molecule has 0 saturated heterocycles. The Balaban J connectivity index is 1.73. The summed E-state index contributed by atoms with van der Waals surface area (Å²) in [7, 11) is 1.64. The van der Waals surface area contributed by atoms with Crippen LogP contribution in [0.5, 0.6) is 0 Å². The van der Waals surface area contributed by atoms with Gasteiger partial charge in [-0.15, -0.1) is 11.3 Å². The van der Waals surface area contributed by atoms with Crippen LogP contribution in [0.1, 0.15) is 38.7 Å². The van der Waals surface area contributed by atoms with Crippen molar-refractivity contribution in [3.8, 4) is 11.2 Å². The van der Waals surface area contributed by atoms with E-state index in [1.165, 1.54) is 17.4 Å². The highest BCUT2D eigenvalue weighted by Gasteiger charge is 2.20. The van der Waals surface area contributed by atoms with E-state index >= 15 is 0 Å². The predicted molar refractivity (Wildman–Crippen MR) is 126 cm³/mol. The quantitative estimate of drug-likeness (QED) is 0.205. The number of ether oxygens (including phenoxy) is 2. The molecule has 0 amide bonds. The first kappa shape index (κ1) is 24.2. The molecule has 0 bridgehead atoms. The highest BCUT2D eigenvalue weighted by Crippen LogP contribution is 2.23. The number of carbonyl (C=O) groups excluding carboxylic acids is 2. The van der Waals surface area contributed by atoms with Gasteiger partial charge in [-0.05, 0) is 51.5 Å². The van der Waals surface area contributed by atoms with Crippen LogP contribution in [0.25, 0.3) is 11.2 Å². The van der Waals surface area contributed by atoms with E-state index in [-0.39, 0.29) is 11.4 Å². The Bertz CT molecular complexity index is 1240. The first-order valence-electron chi connectivity index (χ1n) is 10.3. The van der Waals surface area contributed by atoms with E-state index in [9.17, 15) is 14.9 Å². The molecule has 0 aromatic carbocycles. The van der Waals surface area contributed by atoms with E-state index in [1.807, 2.05) is 49.8 Å². The van der Waals surface area contributed by atoms with Crippen molar-refractivity contribution in [3.63, 3.8) is 0 Å². The second kappa shape index (κ2) is 10.4. The van der Waals surface area contributed by atoms with Crippen LogP contribution in [0.3, 0.4) is 0 Å². The monoisotopic (exact) mass is 466 g/mol. The minimum Gasteiger partial charge on any atom is -0.453 e. The Labute approximate surface area is 196 Å². The van der Waals surface area contributed by atoms with Gasteiger partial charge in [-0.1, -0.05) is 0 Å². The van der Waals surface area contributed by atoms with Gasteiger partial charge in [-0.3, -0.25) is 9.36 Å². The number of methoxy groups -OCH3 is 1. The van der Waals surface area contributed by atoms with Crippen molar-refractivity contribution in [3.05, 3.63) is 63.2 Å². The minimum atomic E-state index is -0.832. The lowest BCUT2D eigenvalue weighted by Crippen LogP contribution is -2.16. The topological polar surface area (TPSA) is 99.1 Å². The minimum absolute atomic E-state index is 0.164. The van der Waals surface area contributed by atoms with Gasteiger partial charge in [0.1, 0.15) is 11.6 Å². The number of carbonyl (C=O) groups is 2. The summed E-state index contributed by atoms with van der Waals surface area (Å²) in [6.07, 6.45) is 3.19. The zero-order valence-electron chi connectivity index (χ0n) is 19.3. The molecule has 0 aliphatic heterocycles. The van der Waals surface area contributed by atoms with Gasteiger partial charge in [-0.25, -0.2) is 9.78 Å². The second-order valence-electron chi connectivity index (χ2n) is 7.57. The first-order valence-corrected chi connectivity index (χ1v) is 11.2.